The van der Waals surface area contributed by atoms with Crippen LogP contribution in [0.15, 0.2) is 36.6 Å². The highest BCUT2D eigenvalue weighted by Gasteiger charge is 2.16. The minimum Gasteiger partial charge on any atom is -0.499 e. The first kappa shape index (κ1) is 12.9. The molecule has 1 aromatic carbocycles. The number of nitro groups is 1. The quantitative estimate of drug-likeness (QED) is 0.201. The molecule has 1 aromatic rings. The van der Waals surface area contributed by atoms with Crippen LogP contribution in [0.3, 0.4) is 0 Å². The molecule has 1 N–H and O–H groups in total. The maximum atomic E-state index is 11.6. The average molecular weight is 237 g/mol. The molecule has 0 spiro atoms. The molecule has 0 aliphatic heterocycles. The number of benzene rings is 1. The third-order valence-electron chi connectivity index (χ3n) is 1.89. The molecule has 0 atom stereocenters. The monoisotopic (exact) mass is 237 g/mol. The summed E-state index contributed by atoms with van der Waals surface area (Å²) >= 11 is 0. The van der Waals surface area contributed by atoms with Gasteiger partial charge in [0.05, 0.1) is 23.4 Å². The van der Waals surface area contributed by atoms with Crippen molar-refractivity contribution in [3.05, 3.63) is 52.3 Å². The molecular weight excluding hydrogens is 226 g/mol. The fourth-order valence-electron chi connectivity index (χ4n) is 1.16. The van der Waals surface area contributed by atoms with Crippen molar-refractivity contribution in [3.63, 3.8) is 0 Å². The van der Waals surface area contributed by atoms with Crippen LogP contribution in [0.5, 0.6) is 0 Å². The van der Waals surface area contributed by atoms with Crippen molar-refractivity contribution in [2.75, 3.05) is 13.2 Å². The summed E-state index contributed by atoms with van der Waals surface area (Å²) in [5.74, 6) is -0.518. The third-order valence-corrected chi connectivity index (χ3v) is 1.89. The molecule has 0 amide bonds. The Labute approximate surface area is 97.3 Å². The Balaban J connectivity index is 2.82. The van der Waals surface area contributed by atoms with Gasteiger partial charge in [-0.25, -0.2) is 0 Å². The number of ketones is 1. The van der Waals surface area contributed by atoms with Gasteiger partial charge in [-0.3, -0.25) is 14.9 Å². The van der Waals surface area contributed by atoms with E-state index in [-0.39, 0.29) is 24.5 Å². The zero-order valence-corrected chi connectivity index (χ0v) is 8.91. The minimum absolute atomic E-state index is 0.00125. The number of para-hydroxylation sites is 1. The van der Waals surface area contributed by atoms with E-state index in [9.17, 15) is 14.9 Å². The van der Waals surface area contributed by atoms with Gasteiger partial charge in [-0.2, -0.15) is 0 Å². The van der Waals surface area contributed by atoms with Gasteiger partial charge in [0.15, 0.2) is 5.78 Å². The van der Waals surface area contributed by atoms with Crippen LogP contribution < -0.4 is 0 Å². The Bertz CT molecular complexity index is 441. The van der Waals surface area contributed by atoms with E-state index in [1.165, 1.54) is 18.2 Å². The molecule has 17 heavy (non-hydrogen) atoms. The van der Waals surface area contributed by atoms with Crippen LogP contribution in [0, 0.1) is 10.1 Å². The molecule has 0 unspecified atom stereocenters. The van der Waals surface area contributed by atoms with E-state index in [1.54, 1.807) is 6.07 Å². The van der Waals surface area contributed by atoms with Crippen molar-refractivity contribution in [3.8, 4) is 0 Å². The van der Waals surface area contributed by atoms with E-state index >= 15 is 0 Å². The highest BCUT2D eigenvalue weighted by molar-refractivity contribution is 6.07. The molecule has 0 radical (unpaired) electrons. The molecule has 6 heteroatoms. The fourth-order valence-corrected chi connectivity index (χ4v) is 1.16. The van der Waals surface area contributed by atoms with Crippen LogP contribution in [0.25, 0.3) is 0 Å². The second-order valence-electron chi connectivity index (χ2n) is 3.04. The van der Waals surface area contributed by atoms with Crippen LogP contribution in [0.4, 0.5) is 5.69 Å². The number of hydrogen-bond acceptors (Lipinski definition) is 5. The molecule has 0 aromatic heterocycles. The highest BCUT2D eigenvalue weighted by atomic mass is 16.6. The number of nitrogens with zero attached hydrogens (tertiary/aromatic N) is 1. The van der Waals surface area contributed by atoms with Crippen molar-refractivity contribution in [2.45, 2.75) is 0 Å². The third kappa shape index (κ3) is 3.69. The summed E-state index contributed by atoms with van der Waals surface area (Å²) < 4.78 is 4.75. The molecule has 0 aliphatic carbocycles. The van der Waals surface area contributed by atoms with Gasteiger partial charge in [0.1, 0.15) is 6.61 Å². The van der Waals surface area contributed by atoms with Gasteiger partial charge in [0.2, 0.25) is 0 Å². The predicted octanol–water partition coefficient (Wildman–Crippen LogP) is 1.30. The summed E-state index contributed by atoms with van der Waals surface area (Å²) in [6.07, 6.45) is 2.19. The van der Waals surface area contributed by atoms with E-state index in [1.807, 2.05) is 0 Å². The predicted molar refractivity (Wildman–Crippen MR) is 59.6 cm³/mol. The maximum Gasteiger partial charge on any atom is 0.280 e. The van der Waals surface area contributed by atoms with Gasteiger partial charge < -0.3 is 9.84 Å². The van der Waals surface area contributed by atoms with Gasteiger partial charge >= 0.3 is 0 Å². The van der Waals surface area contributed by atoms with Crippen LogP contribution in [-0.2, 0) is 4.74 Å². The summed E-state index contributed by atoms with van der Waals surface area (Å²) in [5.41, 5.74) is -0.245. The number of rotatable bonds is 6. The number of hydrogen-bond donors (Lipinski definition) is 1. The number of carbonyl (C=O) groups excluding carboxylic acids is 1. The number of aliphatic hydroxyl groups excluding tert-OH is 1. The van der Waals surface area contributed by atoms with Gasteiger partial charge in [-0.1, -0.05) is 12.1 Å². The lowest BCUT2D eigenvalue weighted by atomic mass is 10.1. The van der Waals surface area contributed by atoms with Crippen LogP contribution in [-0.4, -0.2) is 29.0 Å². The zero-order valence-electron chi connectivity index (χ0n) is 8.91. The summed E-state index contributed by atoms with van der Waals surface area (Å²) in [4.78, 5) is 21.7. The topological polar surface area (TPSA) is 89.7 Å². The Morgan fingerprint density at radius 2 is 2.18 bits per heavy atom. The second-order valence-corrected chi connectivity index (χ2v) is 3.04. The SMILES string of the molecule is O=C(/C=C\OCCO)c1ccccc1[N+](=O)[O-]. The molecule has 0 saturated heterocycles. The lowest BCUT2D eigenvalue weighted by Gasteiger charge is -1.98. The first-order valence-electron chi connectivity index (χ1n) is 4.83. The molecule has 0 saturated carbocycles. The molecule has 90 valence electrons. The Morgan fingerprint density at radius 3 is 2.82 bits per heavy atom. The molecular formula is C11H11NO5. The fraction of sp³-hybridized carbons (Fsp3) is 0.182. The number of carbonyl (C=O) groups is 1. The Hall–Kier alpha value is -2.21. The van der Waals surface area contributed by atoms with Gasteiger partial charge in [-0.15, -0.1) is 0 Å². The molecule has 0 bridgehead atoms. The van der Waals surface area contributed by atoms with Crippen molar-refractivity contribution in [1.29, 1.82) is 0 Å². The molecule has 1 rings (SSSR count). The van der Waals surface area contributed by atoms with Crippen LogP contribution in [0.2, 0.25) is 0 Å². The zero-order chi connectivity index (χ0) is 12.7. The lowest BCUT2D eigenvalue weighted by Crippen LogP contribution is -2.01. The van der Waals surface area contributed by atoms with Gasteiger partial charge in [-0.05, 0) is 6.07 Å². The second kappa shape index (κ2) is 6.39. The summed E-state index contributed by atoms with van der Waals surface area (Å²) in [7, 11) is 0. The number of allylic oxidation sites excluding steroid dienone is 1. The van der Waals surface area contributed by atoms with Gasteiger partial charge in [0.25, 0.3) is 5.69 Å². The van der Waals surface area contributed by atoms with E-state index in [2.05, 4.69) is 0 Å². The Kier molecular flexibility index (Phi) is 4.83. The normalized spacial score (nSPS) is 10.4. The van der Waals surface area contributed by atoms with Crippen molar-refractivity contribution in [2.24, 2.45) is 0 Å². The summed E-state index contributed by atoms with van der Waals surface area (Å²) in [6.45, 7) is -0.0926. The summed E-state index contributed by atoms with van der Waals surface area (Å²) in [6, 6.07) is 5.66. The average Bonchev–Trinajstić information content (AvgIpc) is 2.34. The van der Waals surface area contributed by atoms with Crippen molar-refractivity contribution < 1.29 is 19.6 Å². The number of ether oxygens (including phenoxy) is 1. The molecule has 0 aliphatic rings. The first-order valence-corrected chi connectivity index (χ1v) is 4.83. The number of nitro benzene ring substituents is 1. The minimum atomic E-state index is -0.615. The van der Waals surface area contributed by atoms with Crippen molar-refractivity contribution in [1.82, 2.24) is 0 Å². The van der Waals surface area contributed by atoms with E-state index in [0.717, 1.165) is 12.3 Å². The van der Waals surface area contributed by atoms with E-state index in [4.69, 9.17) is 9.84 Å². The standard InChI is InChI=1S/C11H11NO5/c13-6-8-17-7-5-11(14)9-3-1-2-4-10(9)12(15)16/h1-5,7,13H,6,8H2/b7-5-. The molecule has 0 heterocycles. The van der Waals surface area contributed by atoms with Crippen LogP contribution >= 0.6 is 0 Å². The molecule has 6 nitrogen and oxygen atoms in total. The van der Waals surface area contributed by atoms with Crippen molar-refractivity contribution >= 4 is 11.5 Å². The van der Waals surface area contributed by atoms with Gasteiger partial charge in [0, 0.05) is 12.1 Å². The van der Waals surface area contributed by atoms with E-state index in [0.29, 0.717) is 0 Å². The number of aliphatic hydroxyl groups is 1. The molecule has 0 fully saturated rings. The summed E-state index contributed by atoms with van der Waals surface area (Å²) in [5, 5.41) is 19.1. The largest absolute Gasteiger partial charge is 0.499 e. The van der Waals surface area contributed by atoms with Crippen LogP contribution in [0.1, 0.15) is 10.4 Å². The highest BCUT2D eigenvalue weighted by Crippen LogP contribution is 2.18. The lowest BCUT2D eigenvalue weighted by molar-refractivity contribution is -0.385. The van der Waals surface area contributed by atoms with E-state index < -0.39 is 10.7 Å². The first-order chi connectivity index (χ1) is 8.16. The maximum absolute atomic E-state index is 11.6. The Morgan fingerprint density at radius 1 is 1.47 bits per heavy atom. The smallest absolute Gasteiger partial charge is 0.280 e.